The summed E-state index contributed by atoms with van der Waals surface area (Å²) in [5.74, 6) is 0.196. The van der Waals surface area contributed by atoms with E-state index < -0.39 is 0 Å². The fourth-order valence-electron chi connectivity index (χ4n) is 1.83. The van der Waals surface area contributed by atoms with Gasteiger partial charge in [-0.05, 0) is 37.3 Å². The SMILES string of the molecule is Cc1cc(C(=O)c2cc3cc(F)ccc3o2)co1. The van der Waals surface area contributed by atoms with Crippen molar-refractivity contribution in [3.8, 4) is 0 Å². The lowest BCUT2D eigenvalue weighted by atomic mass is 10.1. The average Bonchev–Trinajstić information content (AvgIpc) is 2.93. The van der Waals surface area contributed by atoms with E-state index in [2.05, 4.69) is 0 Å². The Labute approximate surface area is 102 Å². The molecule has 0 fully saturated rings. The van der Waals surface area contributed by atoms with Gasteiger partial charge in [-0.1, -0.05) is 0 Å². The molecule has 2 heterocycles. The molecule has 0 atom stereocenters. The second kappa shape index (κ2) is 3.84. The van der Waals surface area contributed by atoms with E-state index in [1.165, 1.54) is 30.5 Å². The summed E-state index contributed by atoms with van der Waals surface area (Å²) in [5, 5.41) is 0.568. The summed E-state index contributed by atoms with van der Waals surface area (Å²) in [6, 6.07) is 7.29. The monoisotopic (exact) mass is 244 g/mol. The van der Waals surface area contributed by atoms with Crippen molar-refractivity contribution in [1.29, 1.82) is 0 Å². The van der Waals surface area contributed by atoms with Crippen molar-refractivity contribution in [2.45, 2.75) is 6.92 Å². The van der Waals surface area contributed by atoms with E-state index in [1.54, 1.807) is 13.0 Å². The van der Waals surface area contributed by atoms with Crippen molar-refractivity contribution in [1.82, 2.24) is 0 Å². The highest BCUT2D eigenvalue weighted by Gasteiger charge is 2.16. The molecular formula is C14H9FO3. The van der Waals surface area contributed by atoms with Gasteiger partial charge in [0.25, 0.3) is 0 Å². The van der Waals surface area contributed by atoms with Gasteiger partial charge in [-0.2, -0.15) is 0 Å². The van der Waals surface area contributed by atoms with E-state index in [4.69, 9.17) is 8.83 Å². The van der Waals surface area contributed by atoms with Crippen molar-refractivity contribution in [2.24, 2.45) is 0 Å². The van der Waals surface area contributed by atoms with Gasteiger partial charge in [0, 0.05) is 5.39 Å². The predicted molar refractivity (Wildman–Crippen MR) is 63.0 cm³/mol. The lowest BCUT2D eigenvalue weighted by molar-refractivity contribution is 0.101. The number of fused-ring (bicyclic) bond motifs is 1. The van der Waals surface area contributed by atoms with Crippen molar-refractivity contribution in [3.63, 3.8) is 0 Å². The summed E-state index contributed by atoms with van der Waals surface area (Å²) in [7, 11) is 0. The highest BCUT2D eigenvalue weighted by atomic mass is 19.1. The van der Waals surface area contributed by atoms with Crippen LogP contribution in [0.3, 0.4) is 0 Å². The third kappa shape index (κ3) is 1.72. The van der Waals surface area contributed by atoms with Crippen molar-refractivity contribution in [2.75, 3.05) is 0 Å². The summed E-state index contributed by atoms with van der Waals surface area (Å²) in [6.45, 7) is 1.75. The average molecular weight is 244 g/mol. The molecule has 3 aromatic rings. The molecule has 4 heteroatoms. The zero-order valence-electron chi connectivity index (χ0n) is 9.57. The molecule has 3 rings (SSSR count). The number of furan rings is 2. The van der Waals surface area contributed by atoms with Crippen LogP contribution >= 0.6 is 0 Å². The Morgan fingerprint density at radius 3 is 2.78 bits per heavy atom. The molecule has 3 nitrogen and oxygen atoms in total. The Morgan fingerprint density at radius 2 is 2.06 bits per heavy atom. The lowest BCUT2D eigenvalue weighted by Gasteiger charge is -1.90. The molecular weight excluding hydrogens is 235 g/mol. The van der Waals surface area contributed by atoms with Crippen LogP contribution in [-0.2, 0) is 0 Å². The number of hydrogen-bond acceptors (Lipinski definition) is 3. The lowest BCUT2D eigenvalue weighted by Crippen LogP contribution is -1.96. The number of carbonyl (C=O) groups is 1. The molecule has 0 radical (unpaired) electrons. The van der Waals surface area contributed by atoms with E-state index in [9.17, 15) is 9.18 Å². The van der Waals surface area contributed by atoms with E-state index >= 15 is 0 Å². The van der Waals surface area contributed by atoms with E-state index in [0.717, 1.165) is 0 Å². The Bertz CT molecular complexity index is 736. The molecule has 0 aliphatic rings. The van der Waals surface area contributed by atoms with Crippen LogP contribution in [0.25, 0.3) is 11.0 Å². The van der Waals surface area contributed by atoms with Gasteiger partial charge in [-0.15, -0.1) is 0 Å². The summed E-state index contributed by atoms with van der Waals surface area (Å²) in [6.07, 6.45) is 1.38. The van der Waals surface area contributed by atoms with Crippen LogP contribution in [0.5, 0.6) is 0 Å². The fraction of sp³-hybridized carbons (Fsp3) is 0.0714. The fourth-order valence-corrected chi connectivity index (χ4v) is 1.83. The third-order valence-electron chi connectivity index (χ3n) is 2.69. The molecule has 0 aliphatic carbocycles. The predicted octanol–water partition coefficient (Wildman–Crippen LogP) is 3.70. The number of aryl methyl sites for hydroxylation is 1. The summed E-state index contributed by atoms with van der Waals surface area (Å²) >= 11 is 0. The number of ketones is 1. The maximum Gasteiger partial charge on any atom is 0.231 e. The number of halogens is 1. The maximum absolute atomic E-state index is 13.0. The molecule has 0 N–H and O–H groups in total. The number of benzene rings is 1. The van der Waals surface area contributed by atoms with Gasteiger partial charge in [-0.3, -0.25) is 4.79 Å². The Balaban J connectivity index is 2.06. The van der Waals surface area contributed by atoms with Crippen LogP contribution in [0.15, 0.2) is 45.4 Å². The molecule has 1 aromatic carbocycles. The summed E-state index contributed by atoms with van der Waals surface area (Å²) in [5.41, 5.74) is 0.909. The minimum Gasteiger partial charge on any atom is -0.469 e. The van der Waals surface area contributed by atoms with Crippen LogP contribution in [0, 0.1) is 12.7 Å². The highest BCUT2D eigenvalue weighted by molar-refractivity contribution is 6.08. The summed E-state index contributed by atoms with van der Waals surface area (Å²) < 4.78 is 23.5. The second-order valence-electron chi connectivity index (χ2n) is 4.07. The molecule has 0 saturated heterocycles. The zero-order valence-corrected chi connectivity index (χ0v) is 9.57. The van der Waals surface area contributed by atoms with Gasteiger partial charge in [0.15, 0.2) is 5.76 Å². The standard InChI is InChI=1S/C14H9FO3/c1-8-4-10(7-17-8)14(16)13-6-9-5-11(15)2-3-12(9)18-13/h2-7H,1H3. The molecule has 90 valence electrons. The maximum atomic E-state index is 13.0. The zero-order chi connectivity index (χ0) is 12.7. The van der Waals surface area contributed by atoms with E-state index in [0.29, 0.717) is 22.3 Å². The second-order valence-corrected chi connectivity index (χ2v) is 4.07. The number of carbonyl (C=O) groups excluding carboxylic acids is 1. The largest absolute Gasteiger partial charge is 0.469 e. The van der Waals surface area contributed by atoms with E-state index in [-0.39, 0.29) is 17.4 Å². The minimum atomic E-state index is -0.360. The molecule has 0 aliphatic heterocycles. The van der Waals surface area contributed by atoms with Crippen LogP contribution in [0.4, 0.5) is 4.39 Å². The molecule has 0 amide bonds. The smallest absolute Gasteiger partial charge is 0.231 e. The van der Waals surface area contributed by atoms with Crippen LogP contribution < -0.4 is 0 Å². The quantitative estimate of drug-likeness (QED) is 0.645. The van der Waals surface area contributed by atoms with Crippen LogP contribution in [0.2, 0.25) is 0 Å². The van der Waals surface area contributed by atoms with Crippen molar-refractivity contribution >= 4 is 16.8 Å². The first-order chi connectivity index (χ1) is 8.63. The topological polar surface area (TPSA) is 43.4 Å². The Morgan fingerprint density at radius 1 is 1.22 bits per heavy atom. The molecule has 0 saturated carbocycles. The van der Waals surface area contributed by atoms with Crippen LogP contribution in [-0.4, -0.2) is 5.78 Å². The third-order valence-corrected chi connectivity index (χ3v) is 2.69. The molecule has 0 unspecified atom stereocenters. The first-order valence-electron chi connectivity index (χ1n) is 5.42. The highest BCUT2D eigenvalue weighted by Crippen LogP contribution is 2.23. The first-order valence-corrected chi connectivity index (χ1v) is 5.42. The molecule has 0 bridgehead atoms. The van der Waals surface area contributed by atoms with Gasteiger partial charge < -0.3 is 8.83 Å². The molecule has 18 heavy (non-hydrogen) atoms. The van der Waals surface area contributed by atoms with Crippen molar-refractivity contribution < 1.29 is 18.0 Å². The van der Waals surface area contributed by atoms with Gasteiger partial charge in [0.05, 0.1) is 5.56 Å². The van der Waals surface area contributed by atoms with Crippen LogP contribution in [0.1, 0.15) is 21.9 Å². The van der Waals surface area contributed by atoms with Gasteiger partial charge in [0.1, 0.15) is 23.4 Å². The summed E-state index contributed by atoms with van der Waals surface area (Å²) in [4.78, 5) is 12.1. The number of rotatable bonds is 2. The Hall–Kier alpha value is -2.36. The minimum absolute atomic E-state index is 0.177. The van der Waals surface area contributed by atoms with Gasteiger partial charge in [0.2, 0.25) is 5.78 Å². The van der Waals surface area contributed by atoms with Gasteiger partial charge in [-0.25, -0.2) is 4.39 Å². The van der Waals surface area contributed by atoms with Gasteiger partial charge >= 0.3 is 0 Å². The molecule has 2 aromatic heterocycles. The van der Waals surface area contributed by atoms with E-state index in [1.807, 2.05) is 0 Å². The van der Waals surface area contributed by atoms with Crippen molar-refractivity contribution in [3.05, 3.63) is 59.5 Å². The molecule has 0 spiro atoms. The first kappa shape index (κ1) is 10.8. The normalized spacial score (nSPS) is 11.0. The Kier molecular flexibility index (Phi) is 2.30. The number of hydrogen-bond donors (Lipinski definition) is 0.